The lowest BCUT2D eigenvalue weighted by atomic mass is 10.0. The number of hydrogen-bond donors (Lipinski definition) is 0. The van der Waals surface area contributed by atoms with Gasteiger partial charge in [-0.25, -0.2) is 9.97 Å². The van der Waals surface area contributed by atoms with Crippen molar-refractivity contribution in [3.63, 3.8) is 0 Å². The first-order chi connectivity index (χ1) is 17.9. The minimum absolute atomic E-state index is 0.700. The Morgan fingerprint density at radius 3 is 2.17 bits per heavy atom. The molecule has 8 aromatic rings. The van der Waals surface area contributed by atoms with Crippen LogP contribution in [0.15, 0.2) is 115 Å². The molecule has 0 saturated heterocycles. The van der Waals surface area contributed by atoms with Crippen LogP contribution in [0.3, 0.4) is 0 Å². The van der Waals surface area contributed by atoms with Crippen LogP contribution in [-0.2, 0) is 0 Å². The number of rotatable bonds is 2. The molecule has 0 bridgehead atoms. The van der Waals surface area contributed by atoms with Crippen molar-refractivity contribution in [2.24, 2.45) is 0 Å². The van der Waals surface area contributed by atoms with Gasteiger partial charge < -0.3 is 0 Å². The van der Waals surface area contributed by atoms with Gasteiger partial charge in [0.15, 0.2) is 0 Å². The summed E-state index contributed by atoms with van der Waals surface area (Å²) in [4.78, 5) is 10.5. The molecule has 0 radical (unpaired) electrons. The first-order valence-electron chi connectivity index (χ1n) is 12.0. The Kier molecular flexibility index (Phi) is 4.10. The first kappa shape index (κ1) is 19.7. The summed E-state index contributed by atoms with van der Waals surface area (Å²) in [5, 5.41) is 6.10. The number of thiophene rings is 1. The fourth-order valence-corrected chi connectivity index (χ4v) is 6.58. The Morgan fingerprint density at radius 2 is 1.28 bits per heavy atom. The molecule has 168 valence electrons. The van der Waals surface area contributed by atoms with Gasteiger partial charge in [-0.3, -0.25) is 4.57 Å². The zero-order valence-corrected chi connectivity index (χ0v) is 20.0. The molecular formula is C32H19N3S. The number of para-hydroxylation sites is 1. The SMILES string of the molecule is c1ccc(-c2nc(-n3c4ccccc4c4c5ccccc5ccc43)nc3c2sc2ccccc23)cc1. The fourth-order valence-electron chi connectivity index (χ4n) is 5.43. The fraction of sp³-hybridized carbons (Fsp3) is 0. The normalized spacial score (nSPS) is 11.9. The van der Waals surface area contributed by atoms with Crippen molar-refractivity contribution in [1.82, 2.24) is 14.5 Å². The summed E-state index contributed by atoms with van der Waals surface area (Å²) in [6, 6.07) is 40.6. The maximum absolute atomic E-state index is 5.25. The van der Waals surface area contributed by atoms with E-state index in [1.807, 2.05) is 6.07 Å². The molecule has 0 N–H and O–H groups in total. The maximum atomic E-state index is 5.25. The Hall–Kier alpha value is -4.54. The third-order valence-electron chi connectivity index (χ3n) is 7.02. The summed E-state index contributed by atoms with van der Waals surface area (Å²) < 4.78 is 4.58. The number of fused-ring (bicyclic) bond motifs is 8. The molecule has 0 amide bonds. The van der Waals surface area contributed by atoms with Crippen molar-refractivity contribution in [1.29, 1.82) is 0 Å². The van der Waals surface area contributed by atoms with E-state index >= 15 is 0 Å². The minimum atomic E-state index is 0.700. The Morgan fingerprint density at radius 1 is 0.556 bits per heavy atom. The van der Waals surface area contributed by atoms with Crippen LogP contribution in [0.4, 0.5) is 0 Å². The highest BCUT2D eigenvalue weighted by atomic mass is 32.1. The molecule has 3 heterocycles. The molecule has 0 fully saturated rings. The smallest absolute Gasteiger partial charge is 0.235 e. The largest absolute Gasteiger partial charge is 0.278 e. The molecule has 0 aliphatic carbocycles. The number of hydrogen-bond acceptors (Lipinski definition) is 3. The van der Waals surface area contributed by atoms with E-state index in [9.17, 15) is 0 Å². The average Bonchev–Trinajstić information content (AvgIpc) is 3.49. The minimum Gasteiger partial charge on any atom is -0.278 e. The van der Waals surface area contributed by atoms with Crippen LogP contribution >= 0.6 is 11.3 Å². The molecule has 0 spiro atoms. The van der Waals surface area contributed by atoms with Crippen molar-refractivity contribution in [2.75, 3.05) is 0 Å². The summed E-state index contributed by atoms with van der Waals surface area (Å²) in [6.07, 6.45) is 0. The van der Waals surface area contributed by atoms with Gasteiger partial charge in [0.1, 0.15) is 0 Å². The highest BCUT2D eigenvalue weighted by molar-refractivity contribution is 7.26. The molecule has 0 unspecified atom stereocenters. The van der Waals surface area contributed by atoms with E-state index in [1.165, 1.54) is 31.6 Å². The third kappa shape index (κ3) is 2.73. The average molecular weight is 478 g/mol. The molecule has 0 aliphatic heterocycles. The molecule has 0 atom stereocenters. The quantitative estimate of drug-likeness (QED) is 0.249. The monoisotopic (exact) mass is 477 g/mol. The second-order valence-corrected chi connectivity index (χ2v) is 10.1. The van der Waals surface area contributed by atoms with Gasteiger partial charge in [-0.2, -0.15) is 0 Å². The lowest BCUT2D eigenvalue weighted by Gasteiger charge is -2.10. The zero-order valence-electron chi connectivity index (χ0n) is 19.2. The van der Waals surface area contributed by atoms with Crippen LogP contribution in [-0.4, -0.2) is 14.5 Å². The van der Waals surface area contributed by atoms with Crippen LogP contribution < -0.4 is 0 Å². The number of benzene rings is 5. The highest BCUT2D eigenvalue weighted by Crippen LogP contribution is 2.40. The molecule has 0 saturated carbocycles. The molecule has 3 nitrogen and oxygen atoms in total. The predicted molar refractivity (Wildman–Crippen MR) is 152 cm³/mol. The van der Waals surface area contributed by atoms with Crippen molar-refractivity contribution in [3.05, 3.63) is 115 Å². The van der Waals surface area contributed by atoms with E-state index in [0.717, 1.165) is 32.5 Å². The van der Waals surface area contributed by atoms with Gasteiger partial charge in [0.2, 0.25) is 5.95 Å². The molecule has 8 rings (SSSR count). The van der Waals surface area contributed by atoms with Crippen molar-refractivity contribution in [2.45, 2.75) is 0 Å². The lowest BCUT2D eigenvalue weighted by Crippen LogP contribution is -2.02. The van der Waals surface area contributed by atoms with Crippen molar-refractivity contribution < 1.29 is 0 Å². The van der Waals surface area contributed by atoms with Gasteiger partial charge in [-0.1, -0.05) is 97.1 Å². The Bertz CT molecular complexity index is 2100. The highest BCUT2D eigenvalue weighted by Gasteiger charge is 2.20. The van der Waals surface area contributed by atoms with Crippen LogP contribution in [0.1, 0.15) is 0 Å². The van der Waals surface area contributed by atoms with Crippen molar-refractivity contribution >= 4 is 64.2 Å². The molecular weight excluding hydrogens is 458 g/mol. The van der Waals surface area contributed by atoms with Crippen LogP contribution in [0.5, 0.6) is 0 Å². The molecule has 5 aromatic carbocycles. The second kappa shape index (κ2) is 7.48. The summed E-state index contributed by atoms with van der Waals surface area (Å²) in [5.41, 5.74) is 5.31. The first-order valence-corrected chi connectivity index (χ1v) is 12.8. The predicted octanol–water partition coefficient (Wildman–Crippen LogP) is 8.76. The van der Waals surface area contributed by atoms with Gasteiger partial charge in [0, 0.05) is 26.4 Å². The van der Waals surface area contributed by atoms with Gasteiger partial charge in [-0.15, -0.1) is 11.3 Å². The molecule has 4 heteroatoms. The van der Waals surface area contributed by atoms with E-state index < -0.39 is 0 Å². The van der Waals surface area contributed by atoms with Crippen LogP contribution in [0, 0.1) is 0 Å². The van der Waals surface area contributed by atoms with E-state index in [-0.39, 0.29) is 0 Å². The number of nitrogens with zero attached hydrogens (tertiary/aromatic N) is 3. The Labute approximate surface area is 210 Å². The Balaban J connectivity index is 1.56. The van der Waals surface area contributed by atoms with E-state index in [0.29, 0.717) is 5.95 Å². The molecule has 0 aliphatic rings. The van der Waals surface area contributed by atoms with Crippen molar-refractivity contribution in [3.8, 4) is 17.2 Å². The summed E-state index contributed by atoms with van der Waals surface area (Å²) in [5.74, 6) is 0.700. The molecule has 36 heavy (non-hydrogen) atoms. The van der Waals surface area contributed by atoms with Crippen LogP contribution in [0.25, 0.3) is 70.1 Å². The van der Waals surface area contributed by atoms with Gasteiger partial charge in [0.05, 0.1) is 26.9 Å². The zero-order chi connectivity index (χ0) is 23.6. The topological polar surface area (TPSA) is 30.7 Å². The van der Waals surface area contributed by atoms with E-state index in [4.69, 9.17) is 9.97 Å². The standard InChI is InChI=1S/C32H19N3S/c1-2-11-21(12-3-1)29-31-30(24-15-7-9-17-27(24)36-31)34-32(33-29)35-25-16-8-6-14-23(25)28-22-13-5-4-10-20(22)18-19-26(28)35/h1-19H. The van der Waals surface area contributed by atoms with E-state index in [2.05, 4.69) is 114 Å². The number of aromatic nitrogens is 3. The summed E-state index contributed by atoms with van der Waals surface area (Å²) in [6.45, 7) is 0. The third-order valence-corrected chi connectivity index (χ3v) is 8.18. The maximum Gasteiger partial charge on any atom is 0.235 e. The van der Waals surface area contributed by atoms with Gasteiger partial charge >= 0.3 is 0 Å². The second-order valence-electron chi connectivity index (χ2n) is 9.05. The summed E-state index contributed by atoms with van der Waals surface area (Å²) >= 11 is 1.76. The van der Waals surface area contributed by atoms with E-state index in [1.54, 1.807) is 11.3 Å². The van der Waals surface area contributed by atoms with Gasteiger partial charge in [-0.05, 0) is 29.0 Å². The van der Waals surface area contributed by atoms with Gasteiger partial charge in [0.25, 0.3) is 0 Å². The lowest BCUT2D eigenvalue weighted by molar-refractivity contribution is 1.02. The molecule has 3 aromatic heterocycles. The van der Waals surface area contributed by atoms with Crippen LogP contribution in [0.2, 0.25) is 0 Å². The summed E-state index contributed by atoms with van der Waals surface area (Å²) in [7, 11) is 0.